The second-order valence-corrected chi connectivity index (χ2v) is 2.67. The first-order valence-electron chi connectivity index (χ1n) is 3.88. The Hall–Kier alpha value is -0.610. The number of nitrogens with two attached hydrogens (primary N) is 1. The number of likely N-dealkylation sites (tertiary alicyclic amines) is 1. The van der Waals surface area contributed by atoms with Gasteiger partial charge in [0.25, 0.3) is 0 Å². The summed E-state index contributed by atoms with van der Waals surface area (Å²) in [7, 11) is 0. The normalized spacial score (nSPS) is 19.5. The highest BCUT2D eigenvalue weighted by Crippen LogP contribution is 2.10. The van der Waals surface area contributed by atoms with E-state index in [0.29, 0.717) is 0 Å². The first kappa shape index (κ1) is 8.49. The van der Waals surface area contributed by atoms with E-state index >= 15 is 0 Å². The first-order chi connectivity index (χ1) is 5.26. The summed E-state index contributed by atoms with van der Waals surface area (Å²) in [5.74, 6) is -0.300. The predicted molar refractivity (Wildman–Crippen MR) is 41.0 cm³/mol. The minimum absolute atomic E-state index is 0.0113. The van der Waals surface area contributed by atoms with E-state index in [1.165, 1.54) is 0 Å². The number of likely N-dealkylation sites (N-methyl/N-ethyl adjacent to an activating group) is 1. The van der Waals surface area contributed by atoms with Crippen LogP contribution in [0.1, 0.15) is 6.92 Å². The van der Waals surface area contributed by atoms with E-state index in [4.69, 9.17) is 10.5 Å². The Morgan fingerprint density at radius 2 is 2.36 bits per heavy atom. The van der Waals surface area contributed by atoms with Gasteiger partial charge in [-0.2, -0.15) is 0 Å². The number of hydrogen-bond donors (Lipinski definition) is 1. The minimum Gasteiger partial charge on any atom is -0.459 e. The maximum absolute atomic E-state index is 10.6. The van der Waals surface area contributed by atoms with Crippen LogP contribution in [0.15, 0.2) is 0 Å². The van der Waals surface area contributed by atoms with E-state index in [0.717, 1.165) is 19.6 Å². The number of carbonyl (C=O) groups is 1. The lowest BCUT2D eigenvalue weighted by Crippen LogP contribution is -2.52. The summed E-state index contributed by atoms with van der Waals surface area (Å²) >= 11 is 0. The maximum Gasteiger partial charge on any atom is 0.320 e. The van der Waals surface area contributed by atoms with Crippen LogP contribution < -0.4 is 5.73 Å². The Kier molecular flexibility index (Phi) is 2.84. The molecule has 1 fully saturated rings. The van der Waals surface area contributed by atoms with Crippen molar-refractivity contribution in [2.24, 2.45) is 5.73 Å². The number of carbonyl (C=O) groups excluding carboxylic acids is 1. The van der Waals surface area contributed by atoms with Gasteiger partial charge >= 0.3 is 5.97 Å². The second-order valence-electron chi connectivity index (χ2n) is 2.67. The van der Waals surface area contributed by atoms with Gasteiger partial charge in [0.2, 0.25) is 0 Å². The van der Waals surface area contributed by atoms with Crippen LogP contribution in [0, 0.1) is 0 Å². The number of ether oxygens (including phenoxy) is 1. The van der Waals surface area contributed by atoms with Crippen molar-refractivity contribution in [3.63, 3.8) is 0 Å². The molecular weight excluding hydrogens is 144 g/mol. The molecule has 0 aliphatic carbocycles. The van der Waals surface area contributed by atoms with Crippen molar-refractivity contribution >= 4 is 5.97 Å². The monoisotopic (exact) mass is 158 g/mol. The van der Waals surface area contributed by atoms with Gasteiger partial charge in [0.15, 0.2) is 0 Å². The summed E-state index contributed by atoms with van der Waals surface area (Å²) in [6.45, 7) is 4.82. The molecule has 0 spiro atoms. The summed E-state index contributed by atoms with van der Waals surface area (Å²) in [6.07, 6.45) is 0.0889. The van der Waals surface area contributed by atoms with Crippen molar-refractivity contribution < 1.29 is 9.53 Å². The first-order valence-corrected chi connectivity index (χ1v) is 3.88. The highest BCUT2D eigenvalue weighted by Gasteiger charge is 2.27. The largest absolute Gasteiger partial charge is 0.459 e. The fraction of sp³-hybridized carbons (Fsp3) is 0.857. The standard InChI is InChI=1S/C7H14N2O2/c1-2-9-4-6(5-9)11-7(10)3-8/h6H,2-5,8H2,1H3. The molecule has 0 amide bonds. The molecule has 4 nitrogen and oxygen atoms in total. The molecule has 11 heavy (non-hydrogen) atoms. The third-order valence-corrected chi connectivity index (χ3v) is 1.84. The van der Waals surface area contributed by atoms with E-state index in [9.17, 15) is 4.79 Å². The molecule has 0 aromatic rings. The van der Waals surface area contributed by atoms with Gasteiger partial charge in [0, 0.05) is 13.1 Å². The van der Waals surface area contributed by atoms with E-state index in [-0.39, 0.29) is 18.6 Å². The number of hydrogen-bond acceptors (Lipinski definition) is 4. The van der Waals surface area contributed by atoms with Crippen molar-refractivity contribution in [1.82, 2.24) is 4.90 Å². The molecule has 4 heteroatoms. The molecule has 0 aromatic carbocycles. The minimum atomic E-state index is -0.300. The Bertz CT molecular complexity index is 143. The SMILES string of the molecule is CCN1CC(OC(=O)CN)C1. The summed E-state index contributed by atoms with van der Waals surface area (Å²) in [5.41, 5.74) is 5.08. The zero-order valence-electron chi connectivity index (χ0n) is 6.75. The summed E-state index contributed by atoms with van der Waals surface area (Å²) in [5, 5.41) is 0. The van der Waals surface area contributed by atoms with Crippen LogP contribution in [0.4, 0.5) is 0 Å². The van der Waals surface area contributed by atoms with Gasteiger partial charge in [-0.3, -0.25) is 9.69 Å². The Morgan fingerprint density at radius 3 is 2.82 bits per heavy atom. The van der Waals surface area contributed by atoms with Crippen molar-refractivity contribution in [3.05, 3.63) is 0 Å². The number of esters is 1. The van der Waals surface area contributed by atoms with E-state index < -0.39 is 0 Å². The molecule has 0 atom stereocenters. The van der Waals surface area contributed by atoms with Crippen LogP contribution >= 0.6 is 0 Å². The second kappa shape index (κ2) is 3.69. The molecule has 64 valence electrons. The van der Waals surface area contributed by atoms with Gasteiger partial charge in [-0.1, -0.05) is 6.92 Å². The fourth-order valence-corrected chi connectivity index (χ4v) is 1.09. The highest BCUT2D eigenvalue weighted by molar-refractivity contribution is 5.71. The fourth-order valence-electron chi connectivity index (χ4n) is 1.09. The van der Waals surface area contributed by atoms with Gasteiger partial charge < -0.3 is 10.5 Å². The van der Waals surface area contributed by atoms with Crippen LogP contribution in [-0.4, -0.2) is 43.2 Å². The van der Waals surface area contributed by atoms with Crippen molar-refractivity contribution in [2.75, 3.05) is 26.2 Å². The molecule has 1 aliphatic heterocycles. The Morgan fingerprint density at radius 1 is 1.73 bits per heavy atom. The molecule has 0 saturated carbocycles. The average Bonchev–Trinajstić information content (AvgIpc) is 1.95. The predicted octanol–water partition coefficient (Wildman–Crippen LogP) is -0.808. The van der Waals surface area contributed by atoms with Crippen LogP contribution in [0.5, 0.6) is 0 Å². The van der Waals surface area contributed by atoms with Crippen molar-refractivity contribution in [3.8, 4) is 0 Å². The Labute approximate surface area is 66.3 Å². The highest BCUT2D eigenvalue weighted by atomic mass is 16.5. The smallest absolute Gasteiger partial charge is 0.320 e. The van der Waals surface area contributed by atoms with Gasteiger partial charge in [-0.05, 0) is 6.54 Å². The van der Waals surface area contributed by atoms with Crippen LogP contribution in [0.2, 0.25) is 0 Å². The molecule has 1 saturated heterocycles. The van der Waals surface area contributed by atoms with Gasteiger partial charge in [0.1, 0.15) is 6.10 Å². The lowest BCUT2D eigenvalue weighted by molar-refractivity contribution is -0.155. The Balaban J connectivity index is 2.08. The van der Waals surface area contributed by atoms with E-state index in [1.807, 2.05) is 0 Å². The van der Waals surface area contributed by atoms with Gasteiger partial charge in [-0.15, -0.1) is 0 Å². The van der Waals surface area contributed by atoms with Crippen molar-refractivity contribution in [1.29, 1.82) is 0 Å². The van der Waals surface area contributed by atoms with E-state index in [2.05, 4.69) is 11.8 Å². The van der Waals surface area contributed by atoms with Gasteiger partial charge in [-0.25, -0.2) is 0 Å². The van der Waals surface area contributed by atoms with Crippen LogP contribution in [-0.2, 0) is 9.53 Å². The lowest BCUT2D eigenvalue weighted by Gasteiger charge is -2.37. The third-order valence-electron chi connectivity index (χ3n) is 1.84. The summed E-state index contributed by atoms with van der Waals surface area (Å²) < 4.78 is 4.96. The molecule has 1 heterocycles. The molecule has 0 bridgehead atoms. The molecule has 1 aliphatic rings. The van der Waals surface area contributed by atoms with Crippen LogP contribution in [0.3, 0.4) is 0 Å². The molecule has 0 unspecified atom stereocenters. The zero-order chi connectivity index (χ0) is 8.27. The average molecular weight is 158 g/mol. The quantitative estimate of drug-likeness (QED) is 0.546. The van der Waals surface area contributed by atoms with Gasteiger partial charge in [0.05, 0.1) is 6.54 Å². The molecule has 0 radical (unpaired) electrons. The molecule has 1 rings (SSSR count). The maximum atomic E-state index is 10.6. The third kappa shape index (κ3) is 2.17. The number of nitrogens with zero attached hydrogens (tertiary/aromatic N) is 1. The zero-order valence-corrected chi connectivity index (χ0v) is 6.75. The number of rotatable bonds is 3. The lowest BCUT2D eigenvalue weighted by atomic mass is 10.2. The van der Waals surface area contributed by atoms with Crippen molar-refractivity contribution in [2.45, 2.75) is 13.0 Å². The molecule has 2 N–H and O–H groups in total. The van der Waals surface area contributed by atoms with Crippen LogP contribution in [0.25, 0.3) is 0 Å². The molecular formula is C7H14N2O2. The molecule has 0 aromatic heterocycles. The van der Waals surface area contributed by atoms with E-state index in [1.54, 1.807) is 0 Å². The summed E-state index contributed by atoms with van der Waals surface area (Å²) in [6, 6.07) is 0. The topological polar surface area (TPSA) is 55.6 Å². The summed E-state index contributed by atoms with van der Waals surface area (Å²) in [4.78, 5) is 12.8.